The number of aliphatic hydroxyl groups is 1. The number of thioether (sulfide) groups is 1. The third kappa shape index (κ3) is 6.43. The lowest BCUT2D eigenvalue weighted by atomic mass is 10.1. The van der Waals surface area contributed by atoms with E-state index in [1.54, 1.807) is 37.3 Å². The standard InChI is InChI=1S/C26H21ClINO6S/c1-4-11-35-23-18(28)12-15(13-19(23)33-5-2)14-20-22(30)21(26(32)34-6-3)25(36-20)29-24(31)16-9-7-8-10-17(16)27/h1,7-10,12-14,30H,5-6,11H2,2-3H3/b20-14-,29-25?. The van der Waals surface area contributed by atoms with Crippen molar-refractivity contribution in [1.29, 1.82) is 0 Å². The smallest absolute Gasteiger partial charge is 0.344 e. The van der Waals surface area contributed by atoms with Crippen LogP contribution in [0.3, 0.4) is 0 Å². The Bertz CT molecular complexity index is 1330. The van der Waals surface area contributed by atoms with Crippen molar-refractivity contribution in [2.45, 2.75) is 13.8 Å². The van der Waals surface area contributed by atoms with Crippen LogP contribution >= 0.6 is 46.0 Å². The van der Waals surface area contributed by atoms with Crippen LogP contribution < -0.4 is 9.47 Å². The molecule has 0 fully saturated rings. The molecule has 7 nitrogen and oxygen atoms in total. The van der Waals surface area contributed by atoms with Gasteiger partial charge in [0, 0.05) is 0 Å². The van der Waals surface area contributed by atoms with E-state index in [4.69, 9.17) is 32.2 Å². The number of esters is 1. The molecule has 0 saturated carbocycles. The minimum Gasteiger partial charge on any atom is -0.506 e. The molecule has 10 heteroatoms. The van der Waals surface area contributed by atoms with Crippen LogP contribution in [0, 0.1) is 15.9 Å². The maximum atomic E-state index is 12.8. The molecule has 0 bridgehead atoms. The largest absolute Gasteiger partial charge is 0.506 e. The van der Waals surface area contributed by atoms with Gasteiger partial charge in [0.15, 0.2) is 11.5 Å². The highest BCUT2D eigenvalue weighted by Crippen LogP contribution is 2.41. The molecule has 3 rings (SSSR count). The molecular weight excluding hydrogens is 617 g/mol. The normalized spacial score (nSPS) is 15.2. The van der Waals surface area contributed by atoms with Crippen molar-refractivity contribution in [3.8, 4) is 23.8 Å². The summed E-state index contributed by atoms with van der Waals surface area (Å²) in [5.41, 5.74) is 0.639. The first-order valence-electron chi connectivity index (χ1n) is 10.7. The van der Waals surface area contributed by atoms with Crippen molar-refractivity contribution in [1.82, 2.24) is 0 Å². The molecule has 2 aromatic rings. The molecule has 186 valence electrons. The topological polar surface area (TPSA) is 94.4 Å². The lowest BCUT2D eigenvalue weighted by Crippen LogP contribution is -2.14. The number of rotatable bonds is 8. The quantitative estimate of drug-likeness (QED) is 0.214. The zero-order chi connectivity index (χ0) is 26.2. The minimum atomic E-state index is -0.792. The molecule has 1 aliphatic heterocycles. The van der Waals surface area contributed by atoms with Crippen LogP contribution in [0.1, 0.15) is 29.8 Å². The fourth-order valence-electron chi connectivity index (χ4n) is 3.12. The van der Waals surface area contributed by atoms with E-state index >= 15 is 0 Å². The number of hydrogen-bond donors (Lipinski definition) is 1. The second-order valence-electron chi connectivity index (χ2n) is 7.01. The minimum absolute atomic E-state index is 0.0100. The molecule has 0 saturated heterocycles. The summed E-state index contributed by atoms with van der Waals surface area (Å²) in [6, 6.07) is 9.97. The first kappa shape index (κ1) is 27.6. The van der Waals surface area contributed by atoms with Gasteiger partial charge in [-0.1, -0.05) is 41.4 Å². The highest BCUT2D eigenvalue weighted by atomic mass is 127. The van der Waals surface area contributed by atoms with E-state index in [2.05, 4.69) is 33.5 Å². The lowest BCUT2D eigenvalue weighted by Gasteiger charge is -2.13. The Balaban J connectivity index is 2.06. The number of terminal acetylenes is 1. The van der Waals surface area contributed by atoms with Gasteiger partial charge in [-0.2, -0.15) is 0 Å². The Kier molecular flexibility index (Phi) is 9.87. The Morgan fingerprint density at radius 3 is 2.64 bits per heavy atom. The summed E-state index contributed by atoms with van der Waals surface area (Å²) in [6.07, 6.45) is 6.96. The summed E-state index contributed by atoms with van der Waals surface area (Å²) >= 11 is 9.19. The molecule has 0 aliphatic carbocycles. The fraction of sp³-hybridized carbons (Fsp3) is 0.192. The number of nitrogens with zero attached hydrogens (tertiary/aromatic N) is 1. The summed E-state index contributed by atoms with van der Waals surface area (Å²) in [5.74, 6) is 1.63. The third-order valence-electron chi connectivity index (χ3n) is 4.61. The van der Waals surface area contributed by atoms with E-state index in [1.807, 2.05) is 13.0 Å². The van der Waals surface area contributed by atoms with Gasteiger partial charge >= 0.3 is 5.97 Å². The maximum Gasteiger partial charge on any atom is 0.344 e. The summed E-state index contributed by atoms with van der Waals surface area (Å²) in [5, 5.41) is 11.2. The molecule has 0 spiro atoms. The number of amides is 1. The third-order valence-corrected chi connectivity index (χ3v) is 6.76. The van der Waals surface area contributed by atoms with E-state index in [0.29, 0.717) is 28.6 Å². The van der Waals surface area contributed by atoms with Gasteiger partial charge in [-0.15, -0.1) is 6.42 Å². The zero-order valence-electron chi connectivity index (χ0n) is 19.3. The number of halogens is 2. The molecule has 1 amide bonds. The van der Waals surface area contributed by atoms with Crippen LogP contribution in [0.5, 0.6) is 11.5 Å². The van der Waals surface area contributed by atoms with Crippen LogP contribution in [-0.2, 0) is 9.53 Å². The predicted molar refractivity (Wildman–Crippen MR) is 150 cm³/mol. The van der Waals surface area contributed by atoms with Gasteiger partial charge in [-0.3, -0.25) is 4.79 Å². The summed E-state index contributed by atoms with van der Waals surface area (Å²) in [6.45, 7) is 4.05. The highest BCUT2D eigenvalue weighted by Gasteiger charge is 2.34. The number of carbonyl (C=O) groups is 2. The first-order valence-corrected chi connectivity index (χ1v) is 13.0. The van der Waals surface area contributed by atoms with Crippen LogP contribution in [0.4, 0.5) is 0 Å². The number of ether oxygens (including phenoxy) is 3. The molecule has 0 radical (unpaired) electrons. The van der Waals surface area contributed by atoms with Crippen LogP contribution in [0.25, 0.3) is 6.08 Å². The first-order chi connectivity index (χ1) is 17.3. The molecule has 1 N–H and O–H groups in total. The van der Waals surface area contributed by atoms with E-state index in [0.717, 1.165) is 15.3 Å². The van der Waals surface area contributed by atoms with Crippen molar-refractivity contribution in [3.05, 3.63) is 72.4 Å². The number of aliphatic hydroxyl groups excluding tert-OH is 1. The number of carbonyl (C=O) groups excluding carboxylic acids is 2. The van der Waals surface area contributed by atoms with Crippen LogP contribution in [-0.4, -0.2) is 41.8 Å². The van der Waals surface area contributed by atoms with Crippen molar-refractivity contribution in [2.75, 3.05) is 19.8 Å². The molecule has 0 aromatic heterocycles. The highest BCUT2D eigenvalue weighted by molar-refractivity contribution is 14.1. The molecule has 0 atom stereocenters. The summed E-state index contributed by atoms with van der Waals surface area (Å²) in [4.78, 5) is 29.8. The zero-order valence-corrected chi connectivity index (χ0v) is 23.1. The van der Waals surface area contributed by atoms with Crippen molar-refractivity contribution in [3.63, 3.8) is 0 Å². The Morgan fingerprint density at radius 2 is 1.97 bits per heavy atom. The van der Waals surface area contributed by atoms with E-state index in [-0.39, 0.29) is 40.2 Å². The summed E-state index contributed by atoms with van der Waals surface area (Å²) in [7, 11) is 0. The number of aliphatic imine (C=N–C) groups is 1. The van der Waals surface area contributed by atoms with Gasteiger partial charge in [-0.25, -0.2) is 9.79 Å². The van der Waals surface area contributed by atoms with Crippen LogP contribution in [0.15, 0.2) is 57.6 Å². The predicted octanol–water partition coefficient (Wildman–Crippen LogP) is 6.06. The van der Waals surface area contributed by atoms with E-state index in [1.165, 1.54) is 6.07 Å². The van der Waals surface area contributed by atoms with Crippen molar-refractivity contribution >= 4 is 68.9 Å². The Labute approximate surface area is 231 Å². The van der Waals surface area contributed by atoms with Gasteiger partial charge < -0.3 is 19.3 Å². The molecule has 1 heterocycles. The second kappa shape index (κ2) is 12.9. The van der Waals surface area contributed by atoms with Crippen molar-refractivity contribution in [2.24, 2.45) is 4.99 Å². The molecule has 36 heavy (non-hydrogen) atoms. The second-order valence-corrected chi connectivity index (χ2v) is 9.61. The maximum absolute atomic E-state index is 12.8. The molecule has 2 aromatic carbocycles. The van der Waals surface area contributed by atoms with E-state index < -0.39 is 11.9 Å². The fourth-order valence-corrected chi connectivity index (χ4v) is 5.13. The SMILES string of the molecule is C#CCOc1c(I)cc(/C=C2\SC(=NC(=O)c3ccccc3Cl)C(C(=O)OCC)=C2O)cc1OCC. The summed E-state index contributed by atoms with van der Waals surface area (Å²) < 4.78 is 17.2. The Morgan fingerprint density at radius 1 is 1.22 bits per heavy atom. The van der Waals surface area contributed by atoms with E-state index in [9.17, 15) is 14.7 Å². The van der Waals surface area contributed by atoms with Gasteiger partial charge in [0.2, 0.25) is 0 Å². The molecule has 0 unspecified atom stereocenters. The van der Waals surface area contributed by atoms with Crippen LogP contribution in [0.2, 0.25) is 5.02 Å². The molecule has 1 aliphatic rings. The molecular formula is C26H21ClINO6S. The number of benzene rings is 2. The monoisotopic (exact) mass is 637 g/mol. The lowest BCUT2D eigenvalue weighted by molar-refractivity contribution is -0.138. The average molecular weight is 638 g/mol. The van der Waals surface area contributed by atoms with Gasteiger partial charge in [0.1, 0.15) is 23.0 Å². The van der Waals surface area contributed by atoms with Crippen molar-refractivity contribution < 1.29 is 28.9 Å². The van der Waals surface area contributed by atoms with Gasteiger partial charge in [0.05, 0.1) is 32.3 Å². The average Bonchev–Trinajstić information content (AvgIpc) is 3.13. The Hall–Kier alpha value is -2.94. The number of hydrogen-bond acceptors (Lipinski definition) is 7. The van der Waals surface area contributed by atoms with Gasteiger partial charge in [0.25, 0.3) is 5.91 Å². The van der Waals surface area contributed by atoms with Gasteiger partial charge in [-0.05, 0) is 72.3 Å².